The number of primary amides is 1. The zero-order chi connectivity index (χ0) is 18.6. The Balaban J connectivity index is 2.30. The van der Waals surface area contributed by atoms with Crippen LogP contribution in [0.1, 0.15) is 52.5 Å². The van der Waals surface area contributed by atoms with Gasteiger partial charge in [-0.25, -0.2) is 4.39 Å². The number of carbonyl (C=O) groups is 1. The van der Waals surface area contributed by atoms with Gasteiger partial charge in [-0.2, -0.15) is 0 Å². The number of hydrogen-bond donors (Lipinski definition) is 1. The summed E-state index contributed by atoms with van der Waals surface area (Å²) >= 11 is 0. The summed E-state index contributed by atoms with van der Waals surface area (Å²) in [6.07, 6.45) is 5.85. The summed E-state index contributed by atoms with van der Waals surface area (Å²) in [5, 5.41) is 0. The van der Waals surface area contributed by atoms with E-state index in [4.69, 9.17) is 5.73 Å². The average molecular weight is 347 g/mol. The van der Waals surface area contributed by atoms with Gasteiger partial charge in [-0.1, -0.05) is 31.9 Å². The number of amides is 1. The Labute approximate surface area is 150 Å². The van der Waals surface area contributed by atoms with Crippen LogP contribution in [-0.4, -0.2) is 34.0 Å². The van der Waals surface area contributed by atoms with E-state index < -0.39 is 5.91 Å². The first-order valence-corrected chi connectivity index (χ1v) is 9.05. The van der Waals surface area contributed by atoms with Crippen LogP contribution in [0.5, 0.6) is 0 Å². The second kappa shape index (κ2) is 7.89. The number of carbonyl (C=O) groups excluding carboxylic acids is 1. The van der Waals surface area contributed by atoms with Crippen molar-refractivity contribution in [2.24, 2.45) is 5.73 Å². The number of nitrogens with zero attached hydrogens (tertiary/aromatic N) is 2. The minimum Gasteiger partial charge on any atom is -0.364 e. The van der Waals surface area contributed by atoms with Crippen LogP contribution in [0.25, 0.3) is 0 Å². The molecule has 0 aromatic heterocycles. The number of unbranched alkanes of at least 4 members (excludes halogenated alkanes) is 2. The van der Waals surface area contributed by atoms with Gasteiger partial charge in [0.2, 0.25) is 0 Å². The Kier molecular flexibility index (Phi) is 6.09. The third-order valence-electron chi connectivity index (χ3n) is 4.61. The van der Waals surface area contributed by atoms with Crippen LogP contribution in [-0.2, 0) is 11.2 Å². The van der Waals surface area contributed by atoms with Crippen molar-refractivity contribution in [1.82, 2.24) is 9.80 Å². The number of nitrogens with two attached hydrogens (primary N) is 1. The van der Waals surface area contributed by atoms with Gasteiger partial charge in [0.15, 0.2) is 0 Å². The van der Waals surface area contributed by atoms with Crippen LogP contribution in [0.3, 0.4) is 0 Å². The lowest BCUT2D eigenvalue weighted by molar-refractivity contribution is -0.116. The minimum absolute atomic E-state index is 0.00446. The first-order valence-electron chi connectivity index (χ1n) is 9.05. The molecule has 0 aliphatic carbocycles. The topological polar surface area (TPSA) is 49.6 Å². The predicted octanol–water partition coefficient (Wildman–Crippen LogP) is 3.63. The maximum atomic E-state index is 13.2. The fourth-order valence-corrected chi connectivity index (χ4v) is 3.29. The molecule has 1 amide bonds. The van der Waals surface area contributed by atoms with Crippen molar-refractivity contribution < 1.29 is 9.18 Å². The molecule has 5 heteroatoms. The normalized spacial score (nSPS) is 17.8. The average Bonchev–Trinajstić information content (AvgIpc) is 2.89. The lowest BCUT2D eigenvalue weighted by Crippen LogP contribution is -2.50. The van der Waals surface area contributed by atoms with Gasteiger partial charge in [-0.05, 0) is 44.9 Å². The van der Waals surface area contributed by atoms with Crippen molar-refractivity contribution in [3.63, 3.8) is 0 Å². The summed E-state index contributed by atoms with van der Waals surface area (Å²) in [4.78, 5) is 16.3. The Hall–Kier alpha value is -2.04. The molecule has 1 aromatic carbocycles. The first-order chi connectivity index (χ1) is 11.7. The van der Waals surface area contributed by atoms with Crippen LogP contribution in [0.2, 0.25) is 0 Å². The Morgan fingerprint density at radius 2 is 1.84 bits per heavy atom. The van der Waals surface area contributed by atoms with Gasteiger partial charge in [0, 0.05) is 24.7 Å². The van der Waals surface area contributed by atoms with E-state index in [9.17, 15) is 9.18 Å². The summed E-state index contributed by atoms with van der Waals surface area (Å²) in [5.74, 6) is -0.633. The van der Waals surface area contributed by atoms with Gasteiger partial charge in [0.05, 0.1) is 0 Å². The zero-order valence-corrected chi connectivity index (χ0v) is 15.8. The van der Waals surface area contributed by atoms with E-state index in [0.717, 1.165) is 31.4 Å². The van der Waals surface area contributed by atoms with Crippen molar-refractivity contribution in [3.8, 4) is 0 Å². The van der Waals surface area contributed by atoms with Crippen molar-refractivity contribution in [1.29, 1.82) is 0 Å². The molecular weight excluding hydrogens is 317 g/mol. The lowest BCUT2D eigenvalue weighted by atomic mass is 10.0. The zero-order valence-electron chi connectivity index (χ0n) is 15.8. The Morgan fingerprint density at radius 1 is 1.20 bits per heavy atom. The molecule has 1 atom stereocenters. The van der Waals surface area contributed by atoms with E-state index in [-0.39, 0.29) is 17.5 Å². The minimum atomic E-state index is -0.396. The van der Waals surface area contributed by atoms with Gasteiger partial charge in [0.25, 0.3) is 5.91 Å². The van der Waals surface area contributed by atoms with Gasteiger partial charge in [-0.3, -0.25) is 4.79 Å². The highest BCUT2D eigenvalue weighted by Crippen LogP contribution is 2.32. The molecule has 0 bridgehead atoms. The molecule has 0 saturated heterocycles. The Morgan fingerprint density at radius 3 is 2.36 bits per heavy atom. The fourth-order valence-electron chi connectivity index (χ4n) is 3.29. The quantitative estimate of drug-likeness (QED) is 0.766. The van der Waals surface area contributed by atoms with Crippen molar-refractivity contribution >= 4 is 5.91 Å². The molecule has 0 fully saturated rings. The summed E-state index contributed by atoms with van der Waals surface area (Å²) < 4.78 is 13.2. The molecular formula is C20H30FN3O. The van der Waals surface area contributed by atoms with Gasteiger partial charge in [-0.15, -0.1) is 0 Å². The van der Waals surface area contributed by atoms with Gasteiger partial charge < -0.3 is 15.5 Å². The largest absolute Gasteiger partial charge is 0.364 e. The molecule has 2 rings (SSSR count). The highest BCUT2D eigenvalue weighted by atomic mass is 19.1. The van der Waals surface area contributed by atoms with E-state index in [1.165, 1.54) is 12.1 Å². The SMILES string of the molecule is CCCCCN1C(C(N)=O)=CN(C(C)(C)C)C1Cc1ccc(F)cc1. The molecule has 138 valence electrons. The molecule has 0 saturated carbocycles. The maximum absolute atomic E-state index is 13.2. The van der Waals surface area contributed by atoms with Crippen LogP contribution < -0.4 is 5.73 Å². The van der Waals surface area contributed by atoms with Crippen molar-refractivity contribution in [2.45, 2.75) is 65.1 Å². The molecule has 25 heavy (non-hydrogen) atoms. The molecule has 0 spiro atoms. The molecule has 0 radical (unpaired) electrons. The summed E-state index contributed by atoms with van der Waals surface area (Å²) in [6.45, 7) is 9.31. The molecule has 2 N–H and O–H groups in total. The smallest absolute Gasteiger partial charge is 0.266 e. The highest BCUT2D eigenvalue weighted by molar-refractivity contribution is 5.91. The monoisotopic (exact) mass is 347 g/mol. The summed E-state index contributed by atoms with van der Waals surface area (Å²) in [5.41, 5.74) is 7.11. The third-order valence-corrected chi connectivity index (χ3v) is 4.61. The van der Waals surface area contributed by atoms with Crippen LogP contribution >= 0.6 is 0 Å². The highest BCUT2D eigenvalue weighted by Gasteiger charge is 2.39. The third kappa shape index (κ3) is 4.74. The summed E-state index contributed by atoms with van der Waals surface area (Å²) in [7, 11) is 0. The summed E-state index contributed by atoms with van der Waals surface area (Å²) in [6, 6.07) is 6.58. The van der Waals surface area contributed by atoms with Gasteiger partial charge in [0.1, 0.15) is 17.7 Å². The van der Waals surface area contributed by atoms with E-state index in [0.29, 0.717) is 12.1 Å². The van der Waals surface area contributed by atoms with Crippen LogP contribution in [0.15, 0.2) is 36.2 Å². The number of rotatable bonds is 7. The Bertz CT molecular complexity index is 619. The van der Waals surface area contributed by atoms with E-state index >= 15 is 0 Å². The molecule has 1 aromatic rings. The van der Waals surface area contributed by atoms with E-state index in [1.54, 1.807) is 0 Å². The molecule has 4 nitrogen and oxygen atoms in total. The maximum Gasteiger partial charge on any atom is 0.266 e. The molecule has 1 heterocycles. The fraction of sp³-hybridized carbons (Fsp3) is 0.550. The van der Waals surface area contributed by atoms with Crippen molar-refractivity contribution in [2.75, 3.05) is 6.54 Å². The lowest BCUT2D eigenvalue weighted by Gasteiger charge is -2.41. The van der Waals surface area contributed by atoms with Crippen LogP contribution in [0, 0.1) is 5.82 Å². The molecule has 1 aliphatic rings. The van der Waals surface area contributed by atoms with Gasteiger partial charge >= 0.3 is 0 Å². The molecule has 1 unspecified atom stereocenters. The van der Waals surface area contributed by atoms with Crippen molar-refractivity contribution in [3.05, 3.63) is 47.5 Å². The second-order valence-electron chi connectivity index (χ2n) is 7.67. The number of halogens is 1. The standard InChI is InChI=1S/C20H30FN3O/c1-5-6-7-12-23-17(19(22)25)14-24(20(2,3)4)18(23)13-15-8-10-16(21)11-9-15/h8-11,14,18H,5-7,12-13H2,1-4H3,(H2,22,25). The van der Waals surface area contributed by atoms with Crippen LogP contribution in [0.4, 0.5) is 4.39 Å². The second-order valence-corrected chi connectivity index (χ2v) is 7.67. The number of benzene rings is 1. The first kappa shape index (κ1) is 19.3. The molecule has 1 aliphatic heterocycles. The number of hydrogen-bond acceptors (Lipinski definition) is 3. The predicted molar refractivity (Wildman–Crippen MR) is 99.0 cm³/mol. The van der Waals surface area contributed by atoms with E-state index in [2.05, 4.69) is 37.5 Å². The van der Waals surface area contributed by atoms with E-state index in [1.807, 2.05) is 18.3 Å².